The lowest BCUT2D eigenvalue weighted by molar-refractivity contribution is 0.0973. The molecular formula is C14H22N4O. The quantitative estimate of drug-likeness (QED) is 0.893. The van der Waals surface area contributed by atoms with Crippen LogP contribution in [0.25, 0.3) is 0 Å². The average Bonchev–Trinajstić information content (AvgIpc) is 2.42. The van der Waals surface area contributed by atoms with Crippen LogP contribution in [0, 0.1) is 5.92 Å². The zero-order chi connectivity index (χ0) is 13.4. The van der Waals surface area contributed by atoms with Crippen LogP contribution in [0.3, 0.4) is 0 Å². The maximum Gasteiger partial charge on any atom is 0.293 e. The van der Waals surface area contributed by atoms with E-state index >= 15 is 0 Å². The van der Waals surface area contributed by atoms with Crippen LogP contribution in [-0.4, -0.2) is 40.1 Å². The molecule has 3 aliphatic heterocycles. The minimum atomic E-state index is -0.00560. The molecule has 3 saturated heterocycles. The monoisotopic (exact) mass is 262 g/mol. The number of aromatic nitrogens is 2. The summed E-state index contributed by atoms with van der Waals surface area (Å²) in [5.74, 6) is 1.20. The third-order valence-electron chi connectivity index (χ3n) is 4.40. The Hall–Kier alpha value is -1.36. The Morgan fingerprint density at radius 1 is 1.37 bits per heavy atom. The molecule has 0 amide bonds. The van der Waals surface area contributed by atoms with Crippen LogP contribution >= 0.6 is 0 Å². The summed E-state index contributed by atoms with van der Waals surface area (Å²) in [7, 11) is 0. The summed E-state index contributed by atoms with van der Waals surface area (Å²) in [5, 5.41) is 3.39. The topological polar surface area (TPSA) is 50.2 Å². The van der Waals surface area contributed by atoms with E-state index in [0.29, 0.717) is 17.8 Å². The molecule has 1 N–H and O–H groups in total. The van der Waals surface area contributed by atoms with Crippen molar-refractivity contribution in [3.05, 3.63) is 22.7 Å². The van der Waals surface area contributed by atoms with E-state index in [4.69, 9.17) is 0 Å². The lowest BCUT2D eigenvalue weighted by Gasteiger charge is -2.45. The summed E-state index contributed by atoms with van der Waals surface area (Å²) >= 11 is 0. The highest BCUT2D eigenvalue weighted by Gasteiger charge is 2.34. The average molecular weight is 262 g/mol. The van der Waals surface area contributed by atoms with Gasteiger partial charge < -0.3 is 14.8 Å². The SMILES string of the molecule is CC(C)n1ccnc(NC2CN3CCC2CC3)c1=O. The van der Waals surface area contributed by atoms with Crippen molar-refractivity contribution in [1.29, 1.82) is 0 Å². The Bertz CT molecular complexity index is 502. The van der Waals surface area contributed by atoms with Gasteiger partial charge in [-0.25, -0.2) is 4.98 Å². The van der Waals surface area contributed by atoms with Gasteiger partial charge in [-0.2, -0.15) is 0 Å². The van der Waals surface area contributed by atoms with E-state index in [1.165, 1.54) is 25.9 Å². The first kappa shape index (κ1) is 12.7. The molecular weight excluding hydrogens is 240 g/mol. The van der Waals surface area contributed by atoms with Gasteiger partial charge in [0.2, 0.25) is 0 Å². The number of nitrogens with one attached hydrogen (secondary N) is 1. The van der Waals surface area contributed by atoms with Gasteiger partial charge in [0, 0.05) is 31.0 Å². The van der Waals surface area contributed by atoms with E-state index in [1.54, 1.807) is 17.0 Å². The van der Waals surface area contributed by atoms with Gasteiger partial charge in [0.1, 0.15) is 0 Å². The van der Waals surface area contributed by atoms with Gasteiger partial charge in [0.15, 0.2) is 5.82 Å². The number of piperidine rings is 3. The molecule has 5 heteroatoms. The van der Waals surface area contributed by atoms with E-state index < -0.39 is 0 Å². The predicted molar refractivity (Wildman–Crippen MR) is 75.5 cm³/mol. The lowest BCUT2D eigenvalue weighted by atomic mass is 9.84. The summed E-state index contributed by atoms with van der Waals surface area (Å²) in [6.45, 7) is 7.49. The first-order valence-electron chi connectivity index (χ1n) is 7.21. The minimum Gasteiger partial charge on any atom is -0.361 e. The molecule has 4 heterocycles. The van der Waals surface area contributed by atoms with Crippen molar-refractivity contribution in [2.45, 2.75) is 38.8 Å². The molecule has 5 nitrogen and oxygen atoms in total. The number of anilines is 1. The summed E-state index contributed by atoms with van der Waals surface area (Å²) in [6, 6.07) is 0.549. The van der Waals surface area contributed by atoms with E-state index in [1.807, 2.05) is 13.8 Å². The highest BCUT2D eigenvalue weighted by molar-refractivity contribution is 5.33. The maximum absolute atomic E-state index is 12.3. The van der Waals surface area contributed by atoms with Crippen LogP contribution in [-0.2, 0) is 0 Å². The fourth-order valence-corrected chi connectivity index (χ4v) is 3.23. The number of hydrogen-bond donors (Lipinski definition) is 1. The van der Waals surface area contributed by atoms with E-state index in [9.17, 15) is 4.79 Å². The fourth-order valence-electron chi connectivity index (χ4n) is 3.23. The van der Waals surface area contributed by atoms with Crippen molar-refractivity contribution in [2.24, 2.45) is 5.92 Å². The van der Waals surface area contributed by atoms with Crippen molar-refractivity contribution >= 4 is 5.82 Å². The zero-order valence-electron chi connectivity index (χ0n) is 11.7. The van der Waals surface area contributed by atoms with Gasteiger partial charge in [0.25, 0.3) is 5.56 Å². The van der Waals surface area contributed by atoms with E-state index in [2.05, 4.69) is 15.2 Å². The minimum absolute atomic E-state index is 0.00560. The first-order chi connectivity index (χ1) is 9.15. The Balaban J connectivity index is 1.80. The van der Waals surface area contributed by atoms with Gasteiger partial charge in [-0.1, -0.05) is 0 Å². The standard InChI is InChI=1S/C14H22N4O/c1-10(2)18-8-5-15-13(14(18)19)16-12-9-17-6-3-11(12)4-7-17/h5,8,10-12H,3-4,6-7,9H2,1-2H3,(H,15,16). The lowest BCUT2D eigenvalue weighted by Crippen LogP contribution is -2.54. The van der Waals surface area contributed by atoms with Crippen LogP contribution in [0.15, 0.2) is 17.2 Å². The second-order valence-electron chi connectivity index (χ2n) is 5.97. The molecule has 1 unspecified atom stereocenters. The second kappa shape index (κ2) is 4.96. The molecule has 0 aromatic carbocycles. The number of hydrogen-bond acceptors (Lipinski definition) is 4. The van der Waals surface area contributed by atoms with Gasteiger partial charge in [-0.3, -0.25) is 4.79 Å². The Kier molecular flexibility index (Phi) is 3.31. The molecule has 0 saturated carbocycles. The first-order valence-corrected chi connectivity index (χ1v) is 7.21. The summed E-state index contributed by atoms with van der Waals surface area (Å²) in [5.41, 5.74) is -0.00560. The number of rotatable bonds is 3. The van der Waals surface area contributed by atoms with Crippen molar-refractivity contribution in [3.8, 4) is 0 Å². The van der Waals surface area contributed by atoms with Crippen molar-refractivity contribution in [2.75, 3.05) is 25.0 Å². The highest BCUT2D eigenvalue weighted by atomic mass is 16.1. The molecule has 2 bridgehead atoms. The molecule has 4 rings (SSSR count). The van der Waals surface area contributed by atoms with Gasteiger partial charge in [-0.05, 0) is 45.7 Å². The Morgan fingerprint density at radius 3 is 2.68 bits per heavy atom. The van der Waals surface area contributed by atoms with E-state index in [-0.39, 0.29) is 11.6 Å². The fraction of sp³-hybridized carbons (Fsp3) is 0.714. The molecule has 0 spiro atoms. The molecule has 0 aliphatic carbocycles. The van der Waals surface area contributed by atoms with Crippen molar-refractivity contribution in [3.63, 3.8) is 0 Å². The van der Waals surface area contributed by atoms with Crippen LogP contribution in [0.2, 0.25) is 0 Å². The Labute approximate surface area is 113 Å². The van der Waals surface area contributed by atoms with Crippen LogP contribution < -0.4 is 10.9 Å². The van der Waals surface area contributed by atoms with Gasteiger partial charge in [-0.15, -0.1) is 0 Å². The summed E-state index contributed by atoms with van der Waals surface area (Å²) < 4.78 is 1.73. The Morgan fingerprint density at radius 2 is 2.11 bits per heavy atom. The predicted octanol–water partition coefficient (Wildman–Crippen LogP) is 1.33. The number of nitrogens with zero attached hydrogens (tertiary/aromatic N) is 3. The van der Waals surface area contributed by atoms with Gasteiger partial charge >= 0.3 is 0 Å². The third-order valence-corrected chi connectivity index (χ3v) is 4.40. The normalized spacial score (nSPS) is 29.7. The molecule has 1 atom stereocenters. The van der Waals surface area contributed by atoms with Crippen LogP contribution in [0.4, 0.5) is 5.82 Å². The van der Waals surface area contributed by atoms with E-state index in [0.717, 1.165) is 6.54 Å². The molecule has 0 radical (unpaired) electrons. The van der Waals surface area contributed by atoms with Crippen LogP contribution in [0.1, 0.15) is 32.7 Å². The smallest absolute Gasteiger partial charge is 0.293 e. The molecule has 1 aromatic rings. The van der Waals surface area contributed by atoms with Crippen molar-refractivity contribution < 1.29 is 0 Å². The molecule has 3 fully saturated rings. The molecule has 19 heavy (non-hydrogen) atoms. The zero-order valence-corrected chi connectivity index (χ0v) is 11.7. The molecule has 104 valence electrons. The largest absolute Gasteiger partial charge is 0.361 e. The van der Waals surface area contributed by atoms with Gasteiger partial charge in [0.05, 0.1) is 0 Å². The summed E-state index contributed by atoms with van der Waals surface area (Å²) in [4.78, 5) is 19.0. The maximum atomic E-state index is 12.3. The molecule has 1 aromatic heterocycles. The van der Waals surface area contributed by atoms with Crippen molar-refractivity contribution in [1.82, 2.24) is 14.5 Å². The highest BCUT2D eigenvalue weighted by Crippen LogP contribution is 2.28. The molecule has 3 aliphatic rings. The summed E-state index contributed by atoms with van der Waals surface area (Å²) in [6.07, 6.45) is 5.95. The second-order valence-corrected chi connectivity index (χ2v) is 5.97. The number of fused-ring (bicyclic) bond motifs is 3. The third kappa shape index (κ3) is 2.39. The van der Waals surface area contributed by atoms with Crippen LogP contribution in [0.5, 0.6) is 0 Å².